The van der Waals surface area contributed by atoms with Crippen molar-refractivity contribution < 1.29 is 8.78 Å². The van der Waals surface area contributed by atoms with Crippen LogP contribution >= 0.6 is 17.0 Å². The van der Waals surface area contributed by atoms with Crippen molar-refractivity contribution in [3.05, 3.63) is 71.3 Å². The molecule has 0 atom stereocenters. The summed E-state index contributed by atoms with van der Waals surface area (Å²) in [6.07, 6.45) is 0. The van der Waals surface area contributed by atoms with Crippen molar-refractivity contribution in [3.63, 3.8) is 0 Å². The third-order valence-electron chi connectivity index (χ3n) is 4.20. The predicted octanol–water partition coefficient (Wildman–Crippen LogP) is 4.98. The van der Waals surface area contributed by atoms with Crippen molar-refractivity contribution in [2.24, 2.45) is 0 Å². The fourth-order valence-electron chi connectivity index (χ4n) is 3.02. The van der Waals surface area contributed by atoms with E-state index in [0.717, 1.165) is 42.3 Å². The Balaban J connectivity index is 0.00000208. The quantitative estimate of drug-likeness (QED) is 0.720. The molecule has 128 valence electrons. The van der Waals surface area contributed by atoms with Crippen molar-refractivity contribution in [1.29, 1.82) is 0 Å². The van der Waals surface area contributed by atoms with Gasteiger partial charge < -0.3 is 9.80 Å². The van der Waals surface area contributed by atoms with Crippen LogP contribution in [0.25, 0.3) is 11.4 Å². The van der Waals surface area contributed by atoms with Crippen LogP contribution in [-0.4, -0.2) is 29.6 Å². The van der Waals surface area contributed by atoms with E-state index in [9.17, 15) is 8.78 Å². The first-order chi connectivity index (χ1) is 11.1. The summed E-state index contributed by atoms with van der Waals surface area (Å²) < 4.78 is 26.6. The number of rotatable bonds is 4. The van der Waals surface area contributed by atoms with Crippen molar-refractivity contribution in [2.45, 2.75) is 13.8 Å². The zero-order valence-corrected chi connectivity index (χ0v) is 15.5. The minimum atomic E-state index is -0.244. The zero-order valence-electron chi connectivity index (χ0n) is 13.8. The first-order valence-corrected chi connectivity index (χ1v) is 7.90. The Morgan fingerprint density at radius 1 is 0.708 bits per heavy atom. The molecule has 1 aliphatic heterocycles. The number of hydrogen-bond acceptors (Lipinski definition) is 2. The topological polar surface area (TPSA) is 6.48 Å². The Bertz CT molecular complexity index is 650. The van der Waals surface area contributed by atoms with Crippen LogP contribution in [-0.2, 0) is 0 Å². The summed E-state index contributed by atoms with van der Waals surface area (Å²) in [4.78, 5) is 4.52. The van der Waals surface area contributed by atoms with E-state index < -0.39 is 0 Å². The average Bonchev–Trinajstić information content (AvgIpc) is 2.95. The molecule has 1 heterocycles. The van der Waals surface area contributed by atoms with E-state index >= 15 is 0 Å². The van der Waals surface area contributed by atoms with Crippen LogP contribution in [0.4, 0.5) is 8.78 Å². The van der Waals surface area contributed by atoms with E-state index in [2.05, 4.69) is 23.6 Å². The van der Waals surface area contributed by atoms with Gasteiger partial charge in [-0.2, -0.15) is 0 Å². The third kappa shape index (κ3) is 3.46. The Morgan fingerprint density at radius 3 is 1.33 bits per heavy atom. The first kappa shape index (κ1) is 18.5. The van der Waals surface area contributed by atoms with Crippen LogP contribution < -0.4 is 0 Å². The standard InChI is InChI=1S/C19H20F2N2.BrH/c1-3-22-13-23(4-2)19(15-7-11-17(21)12-8-15)18(22)14-5-9-16(20)10-6-14;/h5-12H,3-4,13H2,1-2H3;1H. The van der Waals surface area contributed by atoms with Crippen LogP contribution in [0.3, 0.4) is 0 Å². The van der Waals surface area contributed by atoms with Crippen LogP contribution in [0, 0.1) is 11.6 Å². The molecule has 2 aromatic rings. The molecule has 0 radical (unpaired) electrons. The Morgan fingerprint density at radius 2 is 1.04 bits per heavy atom. The highest BCUT2D eigenvalue weighted by atomic mass is 79.9. The van der Waals surface area contributed by atoms with Crippen LogP contribution in [0.2, 0.25) is 0 Å². The van der Waals surface area contributed by atoms with Crippen molar-refractivity contribution in [1.82, 2.24) is 9.80 Å². The van der Waals surface area contributed by atoms with Gasteiger partial charge in [0, 0.05) is 24.2 Å². The van der Waals surface area contributed by atoms with E-state index in [1.54, 1.807) is 24.3 Å². The SMILES string of the molecule is Br.CCN1CN(CC)C(c2ccc(F)cc2)=C1c1ccc(F)cc1. The number of benzene rings is 2. The Hall–Kier alpha value is -1.88. The average molecular weight is 395 g/mol. The Kier molecular flexibility index (Phi) is 5.99. The summed E-state index contributed by atoms with van der Waals surface area (Å²) in [5, 5.41) is 0. The molecule has 2 nitrogen and oxygen atoms in total. The monoisotopic (exact) mass is 394 g/mol. The first-order valence-electron chi connectivity index (χ1n) is 7.90. The molecule has 2 aromatic carbocycles. The maximum absolute atomic E-state index is 13.3. The van der Waals surface area contributed by atoms with Crippen molar-refractivity contribution in [3.8, 4) is 0 Å². The molecule has 0 aromatic heterocycles. The van der Waals surface area contributed by atoms with Gasteiger partial charge in [0.05, 0.1) is 18.1 Å². The van der Waals surface area contributed by atoms with E-state index in [0.29, 0.717) is 0 Å². The summed E-state index contributed by atoms with van der Waals surface area (Å²) in [5.41, 5.74) is 4.09. The largest absolute Gasteiger partial charge is 0.352 e. The second-order valence-electron chi connectivity index (χ2n) is 5.56. The summed E-state index contributed by atoms with van der Waals surface area (Å²) >= 11 is 0. The molecule has 0 unspecified atom stereocenters. The van der Waals surface area contributed by atoms with Crippen molar-refractivity contribution >= 4 is 28.4 Å². The molecule has 5 heteroatoms. The predicted molar refractivity (Wildman–Crippen MR) is 99.6 cm³/mol. The fraction of sp³-hybridized carbons (Fsp3) is 0.263. The molecule has 1 aliphatic rings. The third-order valence-corrected chi connectivity index (χ3v) is 4.20. The molecule has 3 rings (SSSR count). The van der Waals surface area contributed by atoms with Gasteiger partial charge in [0.2, 0.25) is 0 Å². The number of hydrogen-bond donors (Lipinski definition) is 0. The molecule has 0 amide bonds. The summed E-state index contributed by atoms with van der Waals surface area (Å²) in [6, 6.07) is 13.1. The molecule has 0 bridgehead atoms. The maximum atomic E-state index is 13.3. The van der Waals surface area contributed by atoms with Crippen LogP contribution in [0.5, 0.6) is 0 Å². The molecular weight excluding hydrogens is 374 g/mol. The van der Waals surface area contributed by atoms with Gasteiger partial charge in [-0.15, -0.1) is 17.0 Å². The number of nitrogens with zero attached hydrogens (tertiary/aromatic N) is 2. The molecule has 0 saturated carbocycles. The lowest BCUT2D eigenvalue weighted by molar-refractivity contribution is 0.297. The van der Waals surface area contributed by atoms with Crippen molar-refractivity contribution in [2.75, 3.05) is 19.8 Å². The molecular formula is C19H21BrF2N2. The fourth-order valence-corrected chi connectivity index (χ4v) is 3.02. The normalized spacial score (nSPS) is 14.2. The van der Waals surface area contributed by atoms with Gasteiger partial charge in [0.15, 0.2) is 0 Å². The number of halogens is 3. The van der Waals surface area contributed by atoms with Gasteiger partial charge in [-0.25, -0.2) is 8.78 Å². The van der Waals surface area contributed by atoms with Gasteiger partial charge in [-0.1, -0.05) is 0 Å². The molecule has 0 saturated heterocycles. The van der Waals surface area contributed by atoms with E-state index in [1.807, 2.05) is 0 Å². The van der Waals surface area contributed by atoms with Gasteiger partial charge in [0.25, 0.3) is 0 Å². The summed E-state index contributed by atoms with van der Waals surface area (Å²) in [6.45, 7) is 6.70. The van der Waals surface area contributed by atoms with E-state index in [-0.39, 0.29) is 28.6 Å². The summed E-state index contributed by atoms with van der Waals surface area (Å²) in [5.74, 6) is -0.489. The lowest BCUT2D eigenvalue weighted by Gasteiger charge is -2.22. The summed E-state index contributed by atoms with van der Waals surface area (Å²) in [7, 11) is 0. The van der Waals surface area contributed by atoms with Gasteiger partial charge in [-0.3, -0.25) is 0 Å². The molecule has 0 N–H and O–H groups in total. The highest BCUT2D eigenvalue weighted by Gasteiger charge is 2.29. The zero-order chi connectivity index (χ0) is 16.4. The highest BCUT2D eigenvalue weighted by molar-refractivity contribution is 8.93. The molecule has 24 heavy (non-hydrogen) atoms. The van der Waals surface area contributed by atoms with E-state index in [1.165, 1.54) is 24.3 Å². The molecule has 0 fully saturated rings. The molecule has 0 aliphatic carbocycles. The van der Waals surface area contributed by atoms with E-state index in [4.69, 9.17) is 0 Å². The van der Waals surface area contributed by atoms with Gasteiger partial charge in [-0.05, 0) is 62.4 Å². The Labute approximate surface area is 152 Å². The lowest BCUT2D eigenvalue weighted by atomic mass is 10.0. The van der Waals surface area contributed by atoms with Crippen LogP contribution in [0.1, 0.15) is 25.0 Å². The minimum Gasteiger partial charge on any atom is -0.352 e. The lowest BCUT2D eigenvalue weighted by Crippen LogP contribution is -2.27. The second-order valence-corrected chi connectivity index (χ2v) is 5.56. The highest BCUT2D eigenvalue weighted by Crippen LogP contribution is 2.37. The minimum absolute atomic E-state index is 0. The smallest absolute Gasteiger partial charge is 0.123 e. The van der Waals surface area contributed by atoms with Gasteiger partial charge >= 0.3 is 0 Å². The maximum Gasteiger partial charge on any atom is 0.123 e. The van der Waals surface area contributed by atoms with Crippen LogP contribution in [0.15, 0.2) is 48.5 Å². The van der Waals surface area contributed by atoms with Gasteiger partial charge in [0.1, 0.15) is 11.6 Å². The second kappa shape index (κ2) is 7.79. The molecule has 0 spiro atoms.